The summed E-state index contributed by atoms with van der Waals surface area (Å²) < 4.78 is 16.0. The first-order valence-electron chi connectivity index (χ1n) is 4.15. The highest BCUT2D eigenvalue weighted by atomic mass is 79.9. The lowest BCUT2D eigenvalue weighted by Gasteiger charge is -2.20. The molecule has 0 aliphatic carbocycles. The van der Waals surface area contributed by atoms with Crippen molar-refractivity contribution >= 4 is 21.9 Å². The number of carbonyl (C=O) groups is 1. The van der Waals surface area contributed by atoms with Gasteiger partial charge in [-0.3, -0.25) is 0 Å². The molecule has 13 heavy (non-hydrogen) atoms. The van der Waals surface area contributed by atoms with Crippen molar-refractivity contribution in [2.45, 2.75) is 37.9 Å². The zero-order valence-corrected chi connectivity index (χ0v) is 9.04. The number of hydrogen-bond donors (Lipinski definition) is 0. The SMILES string of the molecule is CC1(C)O[C@@H]2[C@H](O1)C(=O)O[C@@H]2CBr. The molecule has 74 valence electrons. The second-order valence-electron chi connectivity index (χ2n) is 3.65. The largest absolute Gasteiger partial charge is 0.457 e. The molecule has 5 heteroatoms. The Hall–Kier alpha value is -0.130. The fourth-order valence-electron chi connectivity index (χ4n) is 1.65. The molecule has 0 radical (unpaired) electrons. The summed E-state index contributed by atoms with van der Waals surface area (Å²) in [6.07, 6.45) is -1.03. The van der Waals surface area contributed by atoms with Gasteiger partial charge in [0.1, 0.15) is 12.2 Å². The molecule has 2 fully saturated rings. The lowest BCUT2D eigenvalue weighted by atomic mass is 10.2. The number of esters is 1. The standard InChI is InChI=1S/C8H11BrO4/c1-8(2)12-5-4(3-9)11-7(10)6(5)13-8/h4-6H,3H2,1-2H3/t4-,5+,6+/m1/s1. The van der Waals surface area contributed by atoms with Gasteiger partial charge in [0.2, 0.25) is 0 Å². The topological polar surface area (TPSA) is 44.8 Å². The summed E-state index contributed by atoms with van der Waals surface area (Å²) in [5.74, 6) is -0.991. The van der Waals surface area contributed by atoms with Crippen LogP contribution in [0.15, 0.2) is 0 Å². The Morgan fingerprint density at radius 2 is 2.15 bits per heavy atom. The van der Waals surface area contributed by atoms with E-state index in [0.717, 1.165) is 0 Å². The molecule has 0 bridgehead atoms. The van der Waals surface area contributed by atoms with E-state index < -0.39 is 11.9 Å². The predicted molar refractivity (Wildman–Crippen MR) is 47.5 cm³/mol. The van der Waals surface area contributed by atoms with E-state index in [-0.39, 0.29) is 18.2 Å². The number of carbonyl (C=O) groups excluding carboxylic acids is 1. The maximum atomic E-state index is 11.3. The summed E-state index contributed by atoms with van der Waals surface area (Å²) in [4.78, 5) is 11.3. The third-order valence-corrected chi connectivity index (χ3v) is 2.79. The molecule has 2 rings (SSSR count). The molecule has 3 atom stereocenters. The van der Waals surface area contributed by atoms with Crippen LogP contribution in [0.2, 0.25) is 0 Å². The van der Waals surface area contributed by atoms with Crippen LogP contribution in [-0.4, -0.2) is 35.4 Å². The number of hydrogen-bond acceptors (Lipinski definition) is 4. The average molecular weight is 251 g/mol. The first-order chi connectivity index (χ1) is 6.03. The van der Waals surface area contributed by atoms with Crippen LogP contribution in [0.4, 0.5) is 0 Å². The minimum absolute atomic E-state index is 0.223. The number of cyclic esters (lactones) is 1. The molecule has 2 aliphatic rings. The number of rotatable bonds is 1. The van der Waals surface area contributed by atoms with Crippen molar-refractivity contribution in [2.24, 2.45) is 0 Å². The van der Waals surface area contributed by atoms with Gasteiger partial charge in [0, 0.05) is 5.33 Å². The third-order valence-electron chi connectivity index (χ3n) is 2.15. The van der Waals surface area contributed by atoms with E-state index in [1.54, 1.807) is 13.8 Å². The Morgan fingerprint density at radius 1 is 1.46 bits per heavy atom. The molecular formula is C8H11BrO4. The molecule has 2 heterocycles. The van der Waals surface area contributed by atoms with Crippen LogP contribution >= 0.6 is 15.9 Å². The van der Waals surface area contributed by atoms with Crippen molar-refractivity contribution in [1.82, 2.24) is 0 Å². The van der Waals surface area contributed by atoms with Gasteiger partial charge < -0.3 is 14.2 Å². The van der Waals surface area contributed by atoms with Crippen LogP contribution in [0.5, 0.6) is 0 Å². The second kappa shape index (κ2) is 2.93. The monoisotopic (exact) mass is 250 g/mol. The van der Waals surface area contributed by atoms with Gasteiger partial charge in [0.15, 0.2) is 11.9 Å². The quantitative estimate of drug-likeness (QED) is 0.511. The summed E-state index contributed by atoms with van der Waals surface area (Å²) in [6.45, 7) is 3.59. The van der Waals surface area contributed by atoms with Gasteiger partial charge in [-0.25, -0.2) is 4.79 Å². The van der Waals surface area contributed by atoms with Gasteiger partial charge in [0.25, 0.3) is 0 Å². The normalized spacial score (nSPS) is 41.8. The summed E-state index contributed by atoms with van der Waals surface area (Å²) >= 11 is 3.26. The zero-order valence-electron chi connectivity index (χ0n) is 7.45. The molecule has 2 aliphatic heterocycles. The van der Waals surface area contributed by atoms with Crippen LogP contribution in [-0.2, 0) is 19.0 Å². The maximum absolute atomic E-state index is 11.3. The number of fused-ring (bicyclic) bond motifs is 1. The second-order valence-corrected chi connectivity index (χ2v) is 4.30. The van der Waals surface area contributed by atoms with Gasteiger partial charge in [-0.05, 0) is 13.8 Å². The fraction of sp³-hybridized carbons (Fsp3) is 0.875. The number of halogens is 1. The molecule has 0 spiro atoms. The molecule has 0 N–H and O–H groups in total. The minimum atomic E-state index is -0.671. The summed E-state index contributed by atoms with van der Waals surface area (Å²) in [5, 5.41) is 0.583. The molecule has 0 unspecified atom stereocenters. The van der Waals surface area contributed by atoms with E-state index in [9.17, 15) is 4.79 Å². The summed E-state index contributed by atoms with van der Waals surface area (Å²) in [5.41, 5.74) is 0. The van der Waals surface area contributed by atoms with Crippen LogP contribution in [0.1, 0.15) is 13.8 Å². The molecule has 0 amide bonds. The predicted octanol–water partition coefficient (Wildman–Crippen LogP) is 0.827. The summed E-state index contributed by atoms with van der Waals surface area (Å²) in [7, 11) is 0. The number of ether oxygens (including phenoxy) is 3. The highest BCUT2D eigenvalue weighted by molar-refractivity contribution is 9.09. The van der Waals surface area contributed by atoms with Crippen molar-refractivity contribution in [2.75, 3.05) is 5.33 Å². The Morgan fingerprint density at radius 3 is 2.77 bits per heavy atom. The third kappa shape index (κ3) is 1.49. The Balaban J connectivity index is 2.17. The molecule has 4 nitrogen and oxygen atoms in total. The summed E-state index contributed by atoms with van der Waals surface area (Å²) in [6, 6.07) is 0. The van der Waals surface area contributed by atoms with Crippen LogP contribution in [0, 0.1) is 0 Å². The lowest BCUT2D eigenvalue weighted by molar-refractivity contribution is -0.185. The smallest absolute Gasteiger partial charge is 0.338 e. The van der Waals surface area contributed by atoms with E-state index in [0.29, 0.717) is 5.33 Å². The van der Waals surface area contributed by atoms with Crippen LogP contribution in [0.3, 0.4) is 0 Å². The van der Waals surface area contributed by atoms with Crippen molar-refractivity contribution < 1.29 is 19.0 Å². The zero-order chi connectivity index (χ0) is 9.64. The van der Waals surface area contributed by atoms with Crippen molar-refractivity contribution in [3.8, 4) is 0 Å². The minimum Gasteiger partial charge on any atom is -0.457 e. The van der Waals surface area contributed by atoms with Crippen molar-refractivity contribution in [3.63, 3.8) is 0 Å². The molecule has 0 aromatic carbocycles. The Labute approximate surface area is 84.7 Å². The highest BCUT2D eigenvalue weighted by Crippen LogP contribution is 2.36. The Kier molecular flexibility index (Phi) is 2.13. The molecule has 0 aromatic rings. The van der Waals surface area contributed by atoms with E-state index in [2.05, 4.69) is 15.9 Å². The van der Waals surface area contributed by atoms with Crippen LogP contribution in [0.25, 0.3) is 0 Å². The first-order valence-corrected chi connectivity index (χ1v) is 5.28. The van der Waals surface area contributed by atoms with E-state index in [1.807, 2.05) is 0 Å². The first kappa shape index (κ1) is 9.43. The van der Waals surface area contributed by atoms with Crippen molar-refractivity contribution in [1.29, 1.82) is 0 Å². The van der Waals surface area contributed by atoms with Crippen LogP contribution < -0.4 is 0 Å². The van der Waals surface area contributed by atoms with Gasteiger partial charge in [0.05, 0.1) is 0 Å². The van der Waals surface area contributed by atoms with Gasteiger partial charge in [-0.1, -0.05) is 15.9 Å². The van der Waals surface area contributed by atoms with Gasteiger partial charge in [-0.2, -0.15) is 0 Å². The molecular weight excluding hydrogens is 240 g/mol. The molecule has 0 saturated carbocycles. The van der Waals surface area contributed by atoms with Gasteiger partial charge >= 0.3 is 5.97 Å². The molecule has 0 aromatic heterocycles. The van der Waals surface area contributed by atoms with Gasteiger partial charge in [-0.15, -0.1) is 0 Å². The van der Waals surface area contributed by atoms with Crippen molar-refractivity contribution in [3.05, 3.63) is 0 Å². The fourth-order valence-corrected chi connectivity index (χ4v) is 2.15. The Bertz CT molecular complexity index is 240. The average Bonchev–Trinajstić information content (AvgIpc) is 2.47. The maximum Gasteiger partial charge on any atom is 0.338 e. The van der Waals surface area contributed by atoms with E-state index in [4.69, 9.17) is 14.2 Å². The highest BCUT2D eigenvalue weighted by Gasteiger charge is 2.55. The lowest BCUT2D eigenvalue weighted by Crippen LogP contribution is -2.30. The number of alkyl halides is 1. The molecule has 2 saturated heterocycles. The van der Waals surface area contributed by atoms with E-state index in [1.165, 1.54) is 0 Å². The van der Waals surface area contributed by atoms with E-state index >= 15 is 0 Å².